The molecule has 2 rings (SSSR count). The van der Waals surface area contributed by atoms with Crippen LogP contribution < -0.4 is 4.89 Å². The Bertz CT molecular complexity index is 714. The van der Waals surface area contributed by atoms with E-state index in [1.54, 1.807) is 0 Å². The molecule has 1 aromatic rings. The molecule has 0 saturated heterocycles. The molecule has 0 radical (unpaired) electrons. The molecule has 0 heterocycles. The van der Waals surface area contributed by atoms with Crippen LogP contribution in [0.5, 0.6) is 11.5 Å². The Morgan fingerprint density at radius 1 is 1.27 bits per heavy atom. The van der Waals surface area contributed by atoms with Gasteiger partial charge in [-0.25, -0.2) is 4.79 Å². The van der Waals surface area contributed by atoms with Crippen molar-refractivity contribution >= 4 is 17.8 Å². The van der Waals surface area contributed by atoms with Crippen LogP contribution in [0, 0.1) is 0 Å². The van der Waals surface area contributed by atoms with Gasteiger partial charge in [-0.05, 0) is 30.7 Å². The zero-order valence-electron chi connectivity index (χ0n) is 13.9. The van der Waals surface area contributed by atoms with Crippen LogP contribution in [0.4, 0.5) is 0 Å². The van der Waals surface area contributed by atoms with Crippen molar-refractivity contribution in [2.75, 3.05) is 0 Å². The van der Waals surface area contributed by atoms with Gasteiger partial charge in [0.25, 0.3) is 0 Å². The molecule has 142 valence electrons. The van der Waals surface area contributed by atoms with Gasteiger partial charge in [-0.3, -0.25) is 4.79 Å². The maximum Gasteiger partial charge on any atom is 0.335 e. The summed E-state index contributed by atoms with van der Waals surface area (Å²) in [5.74, 6) is -2.19. The lowest BCUT2D eigenvalue weighted by Gasteiger charge is -2.38. The Hall–Kier alpha value is -2.46. The Balaban J connectivity index is 2.12. The number of aliphatic hydroxyl groups excluding tert-OH is 2. The molecular weight excluding hydrogens is 348 g/mol. The third-order valence-electron chi connectivity index (χ3n) is 4.01. The van der Waals surface area contributed by atoms with E-state index in [9.17, 15) is 30.0 Å². The van der Waals surface area contributed by atoms with Gasteiger partial charge in [0.2, 0.25) is 5.75 Å². The van der Waals surface area contributed by atoms with E-state index in [4.69, 9.17) is 14.9 Å². The Morgan fingerprint density at radius 2 is 1.96 bits per heavy atom. The van der Waals surface area contributed by atoms with Crippen LogP contribution in [0.2, 0.25) is 0 Å². The molecule has 1 aromatic carbocycles. The number of carboxylic acid groups (broad SMARTS) is 1. The number of carbonyl (C=O) groups excluding carboxylic acids is 1. The van der Waals surface area contributed by atoms with Crippen molar-refractivity contribution in [3.8, 4) is 11.5 Å². The lowest BCUT2D eigenvalue weighted by molar-refractivity contribution is -0.297. The molecule has 1 aliphatic rings. The molecule has 9 heteroatoms. The first-order valence-electron chi connectivity index (χ1n) is 7.79. The summed E-state index contributed by atoms with van der Waals surface area (Å²) in [5, 5.41) is 48.6. The van der Waals surface area contributed by atoms with Gasteiger partial charge in [-0.15, -0.1) is 0 Å². The maximum atomic E-state index is 11.2. The van der Waals surface area contributed by atoms with Gasteiger partial charge in [0.05, 0.1) is 6.10 Å². The van der Waals surface area contributed by atoms with Gasteiger partial charge >= 0.3 is 5.97 Å². The summed E-state index contributed by atoms with van der Waals surface area (Å²) in [6, 6.07) is 4.16. The molecule has 5 N–H and O–H groups in total. The topological polar surface area (TPSA) is 154 Å². The minimum Gasteiger partial charge on any atom is -0.504 e. The van der Waals surface area contributed by atoms with Gasteiger partial charge < -0.3 is 30.4 Å². The average molecular weight is 368 g/mol. The zero-order chi connectivity index (χ0) is 19.5. The van der Waals surface area contributed by atoms with E-state index in [0.717, 1.165) is 0 Å². The fourth-order valence-electron chi connectivity index (χ4n) is 2.55. The first-order valence-corrected chi connectivity index (χ1v) is 7.79. The smallest absolute Gasteiger partial charge is 0.335 e. The maximum absolute atomic E-state index is 11.2. The lowest BCUT2D eigenvalue weighted by atomic mass is 9.80. The number of carbonyl (C=O) groups is 2. The van der Waals surface area contributed by atoms with Gasteiger partial charge in [-0.1, -0.05) is 12.1 Å². The first kappa shape index (κ1) is 19.9. The summed E-state index contributed by atoms with van der Waals surface area (Å²) >= 11 is 0. The minimum absolute atomic E-state index is 0.151. The van der Waals surface area contributed by atoms with Gasteiger partial charge in [0.15, 0.2) is 17.1 Å². The van der Waals surface area contributed by atoms with Crippen LogP contribution in [0.25, 0.3) is 6.08 Å². The number of allylic oxidation sites excluding steroid dienone is 1. The fraction of sp³-hybridized carbons (Fsp3) is 0.412. The van der Waals surface area contributed by atoms with Crippen LogP contribution in [0.15, 0.2) is 24.3 Å². The second kappa shape index (κ2) is 7.83. The summed E-state index contributed by atoms with van der Waals surface area (Å²) in [6.45, 7) is 1.37. The zero-order valence-corrected chi connectivity index (χ0v) is 13.9. The largest absolute Gasteiger partial charge is 0.504 e. The second-order valence-electron chi connectivity index (χ2n) is 6.19. The number of phenolic OH excluding ortho intramolecular Hbond substituents is 1. The van der Waals surface area contributed by atoms with Crippen molar-refractivity contribution in [2.24, 2.45) is 0 Å². The SMILES string of the molecule is CC(=O)C=Cc1ccc(O)c(OOC2CC(O)(C(=O)O)CC(O)C2O)c1. The first-order chi connectivity index (χ1) is 12.1. The number of rotatable bonds is 6. The number of hydrogen-bond donors (Lipinski definition) is 5. The van der Waals surface area contributed by atoms with Crippen LogP contribution in [-0.2, 0) is 14.5 Å². The molecular formula is C17H20O9. The number of carboxylic acids is 1. The molecule has 0 bridgehead atoms. The monoisotopic (exact) mass is 368 g/mol. The highest BCUT2D eigenvalue weighted by molar-refractivity contribution is 5.91. The predicted molar refractivity (Wildman–Crippen MR) is 87.2 cm³/mol. The number of ketones is 1. The van der Waals surface area contributed by atoms with Crippen molar-refractivity contribution in [3.05, 3.63) is 29.8 Å². The molecule has 1 saturated carbocycles. The number of aromatic hydroxyl groups is 1. The van der Waals surface area contributed by atoms with Crippen LogP contribution in [-0.4, -0.2) is 61.2 Å². The van der Waals surface area contributed by atoms with Crippen molar-refractivity contribution in [2.45, 2.75) is 43.7 Å². The number of hydrogen-bond acceptors (Lipinski definition) is 8. The number of aliphatic carboxylic acids is 1. The highest BCUT2D eigenvalue weighted by Crippen LogP contribution is 2.33. The van der Waals surface area contributed by atoms with E-state index < -0.39 is 42.7 Å². The predicted octanol–water partition coefficient (Wildman–Crippen LogP) is 0.00470. The number of benzene rings is 1. The Morgan fingerprint density at radius 3 is 2.58 bits per heavy atom. The average Bonchev–Trinajstić information content (AvgIpc) is 2.56. The van der Waals surface area contributed by atoms with E-state index >= 15 is 0 Å². The molecule has 0 aliphatic heterocycles. The summed E-state index contributed by atoms with van der Waals surface area (Å²) in [7, 11) is 0. The van der Waals surface area contributed by atoms with E-state index in [1.807, 2.05) is 0 Å². The van der Waals surface area contributed by atoms with Crippen molar-refractivity contribution in [1.82, 2.24) is 0 Å². The third-order valence-corrected chi connectivity index (χ3v) is 4.01. The summed E-state index contributed by atoms with van der Waals surface area (Å²) in [6.07, 6.45) is -2.65. The Kier molecular flexibility index (Phi) is 5.98. The number of aliphatic hydroxyl groups is 3. The molecule has 4 atom stereocenters. The summed E-state index contributed by atoms with van der Waals surface area (Å²) < 4.78 is 0. The molecule has 0 aromatic heterocycles. The quantitative estimate of drug-likeness (QED) is 0.265. The van der Waals surface area contributed by atoms with Crippen molar-refractivity contribution < 1.29 is 44.9 Å². The van der Waals surface area contributed by atoms with Crippen LogP contribution >= 0.6 is 0 Å². The van der Waals surface area contributed by atoms with Crippen molar-refractivity contribution in [3.63, 3.8) is 0 Å². The third kappa shape index (κ3) is 4.58. The van der Waals surface area contributed by atoms with E-state index in [-0.39, 0.29) is 17.3 Å². The molecule has 4 unspecified atom stereocenters. The standard InChI is InChI=1S/C17H20O9/c1-9(18)2-3-10-4-5-11(19)13(6-10)25-26-14-8-17(24,16(22)23)7-12(20)15(14)21/h2-6,12,14-15,19-21,24H,7-8H2,1H3,(H,22,23). The van der Waals surface area contributed by atoms with Gasteiger partial charge in [0, 0.05) is 12.8 Å². The van der Waals surface area contributed by atoms with Crippen molar-refractivity contribution in [1.29, 1.82) is 0 Å². The molecule has 26 heavy (non-hydrogen) atoms. The van der Waals surface area contributed by atoms with Crippen LogP contribution in [0.1, 0.15) is 25.3 Å². The molecule has 0 amide bonds. The highest BCUT2D eigenvalue weighted by Gasteiger charge is 2.50. The summed E-state index contributed by atoms with van der Waals surface area (Å²) in [4.78, 5) is 32.1. The second-order valence-corrected chi connectivity index (χ2v) is 6.19. The lowest BCUT2D eigenvalue weighted by Crippen LogP contribution is -2.57. The molecule has 0 spiro atoms. The highest BCUT2D eigenvalue weighted by atomic mass is 17.2. The Labute approximate surface area is 148 Å². The summed E-state index contributed by atoms with van der Waals surface area (Å²) in [5.41, 5.74) is -1.76. The molecule has 1 fully saturated rings. The van der Waals surface area contributed by atoms with Gasteiger partial charge in [0.1, 0.15) is 12.2 Å². The van der Waals surface area contributed by atoms with E-state index in [2.05, 4.69) is 0 Å². The van der Waals surface area contributed by atoms with Gasteiger partial charge in [-0.2, -0.15) is 4.89 Å². The van der Waals surface area contributed by atoms with E-state index in [1.165, 1.54) is 37.3 Å². The van der Waals surface area contributed by atoms with E-state index in [0.29, 0.717) is 5.56 Å². The molecule has 9 nitrogen and oxygen atoms in total. The number of phenols is 1. The van der Waals surface area contributed by atoms with Crippen LogP contribution in [0.3, 0.4) is 0 Å². The fourth-order valence-corrected chi connectivity index (χ4v) is 2.55. The molecule has 1 aliphatic carbocycles. The minimum atomic E-state index is -2.28. The normalized spacial score (nSPS) is 28.8.